The molecule has 0 bridgehead atoms. The summed E-state index contributed by atoms with van der Waals surface area (Å²) in [7, 11) is 0. The lowest BCUT2D eigenvalue weighted by Gasteiger charge is -2.46. The van der Waals surface area contributed by atoms with Gasteiger partial charge in [-0.2, -0.15) is 5.10 Å². The fourth-order valence-electron chi connectivity index (χ4n) is 3.18. The van der Waals surface area contributed by atoms with Crippen LogP contribution in [0.5, 0.6) is 0 Å². The maximum Gasteiger partial charge on any atom is 0.138 e. The van der Waals surface area contributed by atoms with Gasteiger partial charge in [0.25, 0.3) is 0 Å². The standard InChI is InChI=1S/C15H28N4O/c1-4-15(3,18-9-7-6-8-10-18)13(20)11-14-16-12-17-19(14)5-2/h12-13,20H,4-11H2,1-3H3. The van der Waals surface area contributed by atoms with Crippen LogP contribution >= 0.6 is 0 Å². The van der Waals surface area contributed by atoms with E-state index in [1.807, 2.05) is 11.6 Å². The van der Waals surface area contributed by atoms with Gasteiger partial charge in [-0.1, -0.05) is 13.3 Å². The Morgan fingerprint density at radius 1 is 1.30 bits per heavy atom. The number of aryl methyl sites for hydroxylation is 1. The molecule has 0 amide bonds. The molecular formula is C15H28N4O. The molecule has 1 aliphatic rings. The number of aliphatic hydroxyl groups is 1. The van der Waals surface area contributed by atoms with Crippen molar-refractivity contribution in [2.45, 2.75) is 71.1 Å². The smallest absolute Gasteiger partial charge is 0.138 e. The van der Waals surface area contributed by atoms with Gasteiger partial charge in [0.05, 0.1) is 6.10 Å². The highest BCUT2D eigenvalue weighted by Gasteiger charge is 2.38. The number of aromatic nitrogens is 3. The van der Waals surface area contributed by atoms with E-state index in [-0.39, 0.29) is 5.54 Å². The number of piperidine rings is 1. The van der Waals surface area contributed by atoms with E-state index in [2.05, 4.69) is 28.8 Å². The molecule has 1 aromatic heterocycles. The number of hydrogen-bond acceptors (Lipinski definition) is 4. The van der Waals surface area contributed by atoms with Crippen molar-refractivity contribution in [2.24, 2.45) is 0 Å². The van der Waals surface area contributed by atoms with Crippen molar-refractivity contribution in [1.82, 2.24) is 19.7 Å². The topological polar surface area (TPSA) is 54.2 Å². The Bertz CT molecular complexity index is 414. The average molecular weight is 280 g/mol. The van der Waals surface area contributed by atoms with Crippen LogP contribution in [0.15, 0.2) is 6.33 Å². The van der Waals surface area contributed by atoms with Gasteiger partial charge in [0.2, 0.25) is 0 Å². The fourth-order valence-corrected chi connectivity index (χ4v) is 3.18. The van der Waals surface area contributed by atoms with Gasteiger partial charge in [0.15, 0.2) is 0 Å². The van der Waals surface area contributed by atoms with Gasteiger partial charge < -0.3 is 5.11 Å². The molecule has 0 spiro atoms. The molecule has 0 saturated carbocycles. The second-order valence-electron chi connectivity index (χ2n) is 5.97. The molecule has 2 atom stereocenters. The van der Waals surface area contributed by atoms with Gasteiger partial charge in [0.1, 0.15) is 12.2 Å². The maximum atomic E-state index is 10.8. The molecule has 0 aliphatic carbocycles. The molecule has 1 fully saturated rings. The highest BCUT2D eigenvalue weighted by molar-refractivity contribution is 4.99. The maximum absolute atomic E-state index is 10.8. The summed E-state index contributed by atoms with van der Waals surface area (Å²) in [6, 6.07) is 0. The van der Waals surface area contributed by atoms with Crippen LogP contribution < -0.4 is 0 Å². The Hall–Kier alpha value is -0.940. The van der Waals surface area contributed by atoms with E-state index >= 15 is 0 Å². The van der Waals surface area contributed by atoms with E-state index < -0.39 is 6.10 Å². The van der Waals surface area contributed by atoms with Crippen LogP contribution in [-0.4, -0.2) is 49.5 Å². The first-order valence-corrected chi connectivity index (χ1v) is 7.91. The normalized spacial score (nSPS) is 21.6. The summed E-state index contributed by atoms with van der Waals surface area (Å²) in [6.45, 7) is 9.41. The minimum atomic E-state index is -0.403. The quantitative estimate of drug-likeness (QED) is 0.864. The van der Waals surface area contributed by atoms with E-state index in [9.17, 15) is 5.11 Å². The number of likely N-dealkylation sites (tertiary alicyclic amines) is 1. The van der Waals surface area contributed by atoms with E-state index in [1.54, 1.807) is 6.33 Å². The van der Waals surface area contributed by atoms with Gasteiger partial charge >= 0.3 is 0 Å². The molecule has 5 heteroatoms. The summed E-state index contributed by atoms with van der Waals surface area (Å²) in [5, 5.41) is 15.0. The molecule has 0 aromatic carbocycles. The first-order chi connectivity index (χ1) is 9.61. The Morgan fingerprint density at radius 3 is 2.60 bits per heavy atom. The van der Waals surface area contributed by atoms with E-state index in [0.717, 1.165) is 31.9 Å². The molecule has 1 aromatic rings. The lowest BCUT2D eigenvalue weighted by atomic mass is 9.85. The lowest BCUT2D eigenvalue weighted by molar-refractivity contribution is -0.0340. The van der Waals surface area contributed by atoms with Crippen LogP contribution in [0, 0.1) is 0 Å². The summed E-state index contributed by atoms with van der Waals surface area (Å²) in [4.78, 5) is 6.76. The minimum Gasteiger partial charge on any atom is -0.391 e. The van der Waals surface area contributed by atoms with Crippen molar-refractivity contribution in [1.29, 1.82) is 0 Å². The highest BCUT2D eigenvalue weighted by atomic mass is 16.3. The monoisotopic (exact) mass is 280 g/mol. The third-order valence-electron chi connectivity index (χ3n) is 4.88. The van der Waals surface area contributed by atoms with Crippen LogP contribution in [0.25, 0.3) is 0 Å². The number of aliphatic hydroxyl groups excluding tert-OH is 1. The molecule has 5 nitrogen and oxygen atoms in total. The van der Waals surface area contributed by atoms with Crippen molar-refractivity contribution >= 4 is 0 Å². The third kappa shape index (κ3) is 3.04. The SMILES string of the molecule is CCn1ncnc1CC(O)C(C)(CC)N1CCCCC1. The number of nitrogens with zero attached hydrogens (tertiary/aromatic N) is 4. The summed E-state index contributed by atoms with van der Waals surface area (Å²) >= 11 is 0. The predicted molar refractivity (Wildman–Crippen MR) is 79.5 cm³/mol. The largest absolute Gasteiger partial charge is 0.391 e. The average Bonchev–Trinajstić information content (AvgIpc) is 2.94. The van der Waals surface area contributed by atoms with Crippen LogP contribution in [-0.2, 0) is 13.0 Å². The van der Waals surface area contributed by atoms with Crippen LogP contribution in [0.1, 0.15) is 52.3 Å². The van der Waals surface area contributed by atoms with E-state index in [4.69, 9.17) is 0 Å². The summed E-state index contributed by atoms with van der Waals surface area (Å²) in [6.07, 6.45) is 6.51. The van der Waals surface area contributed by atoms with E-state index in [1.165, 1.54) is 19.3 Å². The molecule has 2 rings (SSSR count). The molecule has 2 heterocycles. The first kappa shape index (κ1) is 15.4. The third-order valence-corrected chi connectivity index (χ3v) is 4.88. The van der Waals surface area contributed by atoms with Gasteiger partial charge in [-0.25, -0.2) is 4.98 Å². The van der Waals surface area contributed by atoms with Crippen LogP contribution in [0.3, 0.4) is 0 Å². The van der Waals surface area contributed by atoms with Crippen molar-refractivity contribution in [3.8, 4) is 0 Å². The second kappa shape index (κ2) is 6.68. The Labute approximate surface area is 122 Å². The Morgan fingerprint density at radius 2 is 2.00 bits per heavy atom. The molecule has 1 aliphatic heterocycles. The first-order valence-electron chi connectivity index (χ1n) is 7.91. The predicted octanol–water partition coefficient (Wildman–Crippen LogP) is 1.86. The zero-order chi connectivity index (χ0) is 14.6. The van der Waals surface area contributed by atoms with Crippen LogP contribution in [0.2, 0.25) is 0 Å². The molecule has 2 unspecified atom stereocenters. The molecule has 0 radical (unpaired) electrons. The Balaban J connectivity index is 2.09. The van der Waals surface area contributed by atoms with Crippen molar-refractivity contribution in [3.63, 3.8) is 0 Å². The van der Waals surface area contributed by atoms with Crippen LogP contribution in [0.4, 0.5) is 0 Å². The van der Waals surface area contributed by atoms with E-state index in [0.29, 0.717) is 6.42 Å². The minimum absolute atomic E-state index is 0.162. The molecular weight excluding hydrogens is 252 g/mol. The molecule has 1 saturated heterocycles. The molecule has 20 heavy (non-hydrogen) atoms. The number of hydrogen-bond donors (Lipinski definition) is 1. The lowest BCUT2D eigenvalue weighted by Crippen LogP contribution is -2.56. The summed E-state index contributed by atoms with van der Waals surface area (Å²) in [5.74, 6) is 0.886. The zero-order valence-electron chi connectivity index (χ0n) is 13.0. The second-order valence-corrected chi connectivity index (χ2v) is 5.97. The summed E-state index contributed by atoms with van der Waals surface area (Å²) in [5.41, 5.74) is -0.162. The van der Waals surface area contributed by atoms with Gasteiger partial charge in [-0.15, -0.1) is 0 Å². The highest BCUT2D eigenvalue weighted by Crippen LogP contribution is 2.28. The van der Waals surface area contributed by atoms with Crippen molar-refractivity contribution in [3.05, 3.63) is 12.2 Å². The molecule has 1 N–H and O–H groups in total. The number of rotatable bonds is 6. The fraction of sp³-hybridized carbons (Fsp3) is 0.867. The van der Waals surface area contributed by atoms with Crippen molar-refractivity contribution in [2.75, 3.05) is 13.1 Å². The zero-order valence-corrected chi connectivity index (χ0v) is 13.0. The summed E-state index contributed by atoms with van der Waals surface area (Å²) < 4.78 is 1.87. The van der Waals surface area contributed by atoms with Crippen molar-refractivity contribution < 1.29 is 5.11 Å². The van der Waals surface area contributed by atoms with Gasteiger partial charge in [-0.3, -0.25) is 9.58 Å². The Kier molecular flexibility index (Phi) is 5.16. The van der Waals surface area contributed by atoms with Gasteiger partial charge in [0, 0.05) is 18.5 Å². The molecule has 114 valence electrons. The van der Waals surface area contributed by atoms with Gasteiger partial charge in [-0.05, 0) is 46.2 Å².